The van der Waals surface area contributed by atoms with E-state index in [1.54, 1.807) is 24.3 Å². The van der Waals surface area contributed by atoms with Crippen LogP contribution in [0.2, 0.25) is 0 Å². The second kappa shape index (κ2) is 4.82. The number of sulfone groups is 1. The van der Waals surface area contributed by atoms with Crippen LogP contribution in [0.4, 0.5) is 5.69 Å². The summed E-state index contributed by atoms with van der Waals surface area (Å²) in [6.45, 7) is -0.505. The molecule has 6 heteroatoms. The summed E-state index contributed by atoms with van der Waals surface area (Å²) >= 11 is 0. The fourth-order valence-electron chi connectivity index (χ4n) is 1.50. The van der Waals surface area contributed by atoms with Gasteiger partial charge in [-0.05, 0) is 17.7 Å². The van der Waals surface area contributed by atoms with Gasteiger partial charge < -0.3 is 16.6 Å². The van der Waals surface area contributed by atoms with E-state index >= 15 is 0 Å². The second-order valence-electron chi connectivity index (χ2n) is 3.75. The predicted octanol–water partition coefficient (Wildman–Crippen LogP) is -0.326. The van der Waals surface area contributed by atoms with Crippen molar-refractivity contribution in [2.24, 2.45) is 5.73 Å². The third-order valence-electron chi connectivity index (χ3n) is 2.43. The van der Waals surface area contributed by atoms with Crippen molar-refractivity contribution >= 4 is 15.5 Å². The van der Waals surface area contributed by atoms with Crippen LogP contribution in [0, 0.1) is 0 Å². The Morgan fingerprint density at radius 1 is 1.44 bits per heavy atom. The van der Waals surface area contributed by atoms with E-state index in [0.29, 0.717) is 11.3 Å². The molecule has 90 valence electrons. The summed E-state index contributed by atoms with van der Waals surface area (Å²) in [6, 6.07) is 5.91. The van der Waals surface area contributed by atoms with Gasteiger partial charge in [0, 0.05) is 18.0 Å². The molecule has 0 fully saturated rings. The van der Waals surface area contributed by atoms with Crippen LogP contribution in [0.3, 0.4) is 0 Å². The minimum atomic E-state index is -3.39. The first-order valence-corrected chi connectivity index (χ1v) is 6.72. The minimum Gasteiger partial charge on any atom is -0.399 e. The average Bonchev–Trinajstić information content (AvgIpc) is 2.16. The van der Waals surface area contributed by atoms with Gasteiger partial charge in [0.15, 0.2) is 9.84 Å². The molecule has 0 saturated carbocycles. The van der Waals surface area contributed by atoms with Crippen molar-refractivity contribution in [3.8, 4) is 0 Å². The van der Waals surface area contributed by atoms with Crippen molar-refractivity contribution in [1.82, 2.24) is 0 Å². The number of hydrogen-bond acceptors (Lipinski definition) is 5. The first-order valence-electron chi connectivity index (χ1n) is 4.77. The van der Waals surface area contributed by atoms with E-state index in [-0.39, 0.29) is 0 Å². The van der Waals surface area contributed by atoms with Crippen molar-refractivity contribution in [2.75, 3.05) is 18.6 Å². The Labute approximate surface area is 95.0 Å². The highest BCUT2D eigenvalue weighted by Crippen LogP contribution is 2.20. The molecule has 1 rings (SSSR count). The maximum Gasteiger partial charge on any atom is 0.154 e. The summed E-state index contributed by atoms with van der Waals surface area (Å²) in [5.74, 6) is 0. The zero-order chi connectivity index (χ0) is 12.3. The third-order valence-corrected chi connectivity index (χ3v) is 3.97. The first kappa shape index (κ1) is 13.0. The van der Waals surface area contributed by atoms with Gasteiger partial charge >= 0.3 is 0 Å². The molecule has 16 heavy (non-hydrogen) atoms. The van der Waals surface area contributed by atoms with Gasteiger partial charge in [0.2, 0.25) is 0 Å². The summed E-state index contributed by atoms with van der Waals surface area (Å²) in [5.41, 5.74) is 12.5. The van der Waals surface area contributed by atoms with Crippen LogP contribution in [0.5, 0.6) is 0 Å². The number of nitrogens with two attached hydrogens (primary N) is 2. The fourth-order valence-corrected chi connectivity index (χ4v) is 2.46. The summed E-state index contributed by atoms with van der Waals surface area (Å²) in [5, 5.41) is 8.07. The van der Waals surface area contributed by atoms with E-state index in [1.807, 2.05) is 0 Å². The third kappa shape index (κ3) is 2.94. The fraction of sp³-hybridized carbons (Fsp3) is 0.400. The Kier molecular flexibility index (Phi) is 3.90. The maximum absolute atomic E-state index is 11.4. The molecule has 1 aromatic rings. The van der Waals surface area contributed by atoms with Crippen LogP contribution in [0.1, 0.15) is 11.6 Å². The SMILES string of the molecule is CS(=O)(=O)[C@@H](CO)[C@H](N)c1cccc(N)c1. The summed E-state index contributed by atoms with van der Waals surface area (Å²) < 4.78 is 22.8. The van der Waals surface area contributed by atoms with E-state index in [1.165, 1.54) is 0 Å². The van der Waals surface area contributed by atoms with Gasteiger partial charge in [-0.2, -0.15) is 0 Å². The molecule has 0 heterocycles. The Morgan fingerprint density at radius 3 is 2.50 bits per heavy atom. The van der Waals surface area contributed by atoms with Crippen molar-refractivity contribution in [2.45, 2.75) is 11.3 Å². The zero-order valence-electron chi connectivity index (χ0n) is 9.00. The van der Waals surface area contributed by atoms with Gasteiger partial charge in [-0.1, -0.05) is 12.1 Å². The van der Waals surface area contributed by atoms with E-state index < -0.39 is 27.7 Å². The van der Waals surface area contributed by atoms with Gasteiger partial charge in [0.1, 0.15) is 5.25 Å². The van der Waals surface area contributed by atoms with Crippen LogP contribution < -0.4 is 11.5 Å². The standard InChI is InChI=1S/C10H16N2O3S/c1-16(14,15)9(6-13)10(12)7-3-2-4-8(11)5-7/h2-5,9-10,13H,6,11-12H2,1H3/t9-,10+/m0/s1. The van der Waals surface area contributed by atoms with Crippen molar-refractivity contribution < 1.29 is 13.5 Å². The lowest BCUT2D eigenvalue weighted by atomic mass is 10.0. The molecule has 0 saturated heterocycles. The Hall–Kier alpha value is -1.11. The van der Waals surface area contributed by atoms with E-state index in [4.69, 9.17) is 16.6 Å². The molecule has 0 radical (unpaired) electrons. The van der Waals surface area contributed by atoms with Crippen LogP contribution in [-0.4, -0.2) is 31.6 Å². The van der Waals surface area contributed by atoms with Crippen LogP contribution >= 0.6 is 0 Å². The van der Waals surface area contributed by atoms with Gasteiger partial charge in [0.05, 0.1) is 6.61 Å². The molecular weight excluding hydrogens is 228 g/mol. The highest BCUT2D eigenvalue weighted by Gasteiger charge is 2.28. The number of benzene rings is 1. The molecule has 0 amide bonds. The number of nitrogen functional groups attached to an aromatic ring is 1. The molecule has 0 spiro atoms. The highest BCUT2D eigenvalue weighted by molar-refractivity contribution is 7.91. The molecule has 5 nitrogen and oxygen atoms in total. The molecule has 0 aliphatic heterocycles. The topological polar surface area (TPSA) is 106 Å². The van der Waals surface area contributed by atoms with E-state index in [0.717, 1.165) is 6.26 Å². The number of aliphatic hydroxyl groups excluding tert-OH is 1. The average molecular weight is 244 g/mol. The molecule has 0 aromatic heterocycles. The van der Waals surface area contributed by atoms with Gasteiger partial charge in [-0.3, -0.25) is 0 Å². The molecule has 0 aliphatic rings. The van der Waals surface area contributed by atoms with Gasteiger partial charge in [-0.15, -0.1) is 0 Å². The molecule has 0 aliphatic carbocycles. The first-order chi connectivity index (χ1) is 7.36. The lowest BCUT2D eigenvalue weighted by Gasteiger charge is -2.20. The Morgan fingerprint density at radius 2 is 2.06 bits per heavy atom. The van der Waals surface area contributed by atoms with Crippen molar-refractivity contribution in [1.29, 1.82) is 0 Å². The lowest BCUT2D eigenvalue weighted by Crippen LogP contribution is -2.36. The summed E-state index contributed by atoms with van der Waals surface area (Å²) in [7, 11) is -3.39. The molecule has 0 bridgehead atoms. The van der Waals surface area contributed by atoms with E-state index in [9.17, 15) is 8.42 Å². The van der Waals surface area contributed by atoms with Gasteiger partial charge in [-0.25, -0.2) is 8.42 Å². The van der Waals surface area contributed by atoms with Crippen LogP contribution in [-0.2, 0) is 9.84 Å². The van der Waals surface area contributed by atoms with Crippen LogP contribution in [0.15, 0.2) is 24.3 Å². The second-order valence-corrected chi connectivity index (χ2v) is 6.01. The van der Waals surface area contributed by atoms with Crippen molar-refractivity contribution in [3.05, 3.63) is 29.8 Å². The molecule has 1 aromatic carbocycles. The lowest BCUT2D eigenvalue weighted by molar-refractivity contribution is 0.278. The Balaban J connectivity index is 3.05. The monoisotopic (exact) mass is 244 g/mol. The summed E-state index contributed by atoms with van der Waals surface area (Å²) in [4.78, 5) is 0. The number of hydrogen-bond donors (Lipinski definition) is 3. The maximum atomic E-state index is 11.4. The molecule has 0 unspecified atom stereocenters. The van der Waals surface area contributed by atoms with E-state index in [2.05, 4.69) is 0 Å². The number of anilines is 1. The van der Waals surface area contributed by atoms with Gasteiger partial charge in [0.25, 0.3) is 0 Å². The summed E-state index contributed by atoms with van der Waals surface area (Å²) in [6.07, 6.45) is 1.06. The van der Waals surface area contributed by atoms with Crippen molar-refractivity contribution in [3.63, 3.8) is 0 Å². The largest absolute Gasteiger partial charge is 0.399 e. The molecular formula is C10H16N2O3S. The highest BCUT2D eigenvalue weighted by atomic mass is 32.2. The molecule has 5 N–H and O–H groups in total. The quantitative estimate of drug-likeness (QED) is 0.629. The number of aliphatic hydroxyl groups is 1. The number of rotatable bonds is 4. The predicted molar refractivity (Wildman–Crippen MR) is 63.5 cm³/mol. The van der Waals surface area contributed by atoms with Crippen LogP contribution in [0.25, 0.3) is 0 Å². The minimum absolute atomic E-state index is 0.505. The smallest absolute Gasteiger partial charge is 0.154 e. The molecule has 2 atom stereocenters. The zero-order valence-corrected chi connectivity index (χ0v) is 9.81. The Bertz CT molecular complexity index is 459. The normalized spacial score (nSPS) is 15.7.